The van der Waals surface area contributed by atoms with E-state index in [0.29, 0.717) is 16.4 Å². The van der Waals surface area contributed by atoms with Crippen LogP contribution >= 0.6 is 23.2 Å². The van der Waals surface area contributed by atoms with Crippen LogP contribution in [-0.4, -0.2) is 82.2 Å². The summed E-state index contributed by atoms with van der Waals surface area (Å²) in [4.78, 5) is 38.3. The Morgan fingerprint density at radius 1 is 1.30 bits per heavy atom. The number of carbonyl (C=O) groups excluding carboxylic acids is 3. The van der Waals surface area contributed by atoms with Crippen molar-refractivity contribution in [1.29, 1.82) is 0 Å². The number of amides is 2. The second-order valence-corrected chi connectivity index (χ2v) is 6.64. The number of alkyl halides is 1. The van der Waals surface area contributed by atoms with Gasteiger partial charge in [-0.3, -0.25) is 9.59 Å². The van der Waals surface area contributed by atoms with Crippen molar-refractivity contribution in [2.45, 2.75) is 12.5 Å². The second kappa shape index (κ2) is 11.4. The quantitative estimate of drug-likeness (QED) is 0.410. The number of tetrazole rings is 1. The third kappa shape index (κ3) is 6.12. The number of hydrogen-bond acceptors (Lipinski definition) is 8. The fourth-order valence-electron chi connectivity index (χ4n) is 2.64. The van der Waals surface area contributed by atoms with E-state index in [1.807, 2.05) is 0 Å². The lowest BCUT2D eigenvalue weighted by atomic mass is 10.1. The molecule has 1 N–H and O–H groups in total. The fourth-order valence-corrected chi connectivity index (χ4v) is 2.97. The van der Waals surface area contributed by atoms with Crippen molar-refractivity contribution >= 4 is 46.7 Å². The van der Waals surface area contributed by atoms with Crippen LogP contribution in [0, 0.1) is 0 Å². The minimum Gasteiger partial charge on any atom is -0.467 e. The topological polar surface area (TPSA) is 129 Å². The maximum atomic E-state index is 12.7. The third-order valence-electron chi connectivity index (χ3n) is 4.02. The Labute approximate surface area is 182 Å². The molecule has 1 aromatic heterocycles. The monoisotopic (exact) mass is 458 g/mol. The average molecular weight is 459 g/mol. The van der Waals surface area contributed by atoms with Gasteiger partial charge in [-0.2, -0.15) is 4.68 Å². The molecular formula is C17H20Cl2N6O5. The summed E-state index contributed by atoms with van der Waals surface area (Å²) in [7, 11) is 2.64. The number of ether oxygens (including phenoxy) is 2. The summed E-state index contributed by atoms with van der Waals surface area (Å²) >= 11 is 11.7. The van der Waals surface area contributed by atoms with E-state index >= 15 is 0 Å². The number of halogens is 2. The van der Waals surface area contributed by atoms with E-state index in [-0.39, 0.29) is 13.0 Å². The molecule has 0 spiro atoms. The van der Waals surface area contributed by atoms with Gasteiger partial charge in [0.05, 0.1) is 18.5 Å². The molecule has 30 heavy (non-hydrogen) atoms. The number of aromatic nitrogens is 4. The van der Waals surface area contributed by atoms with Gasteiger partial charge in [0.25, 0.3) is 0 Å². The van der Waals surface area contributed by atoms with Gasteiger partial charge in [0.1, 0.15) is 24.8 Å². The minimum atomic E-state index is -1.04. The van der Waals surface area contributed by atoms with Crippen molar-refractivity contribution in [2.75, 3.05) is 38.6 Å². The van der Waals surface area contributed by atoms with Gasteiger partial charge in [0, 0.05) is 25.2 Å². The van der Waals surface area contributed by atoms with Gasteiger partial charge < -0.3 is 19.7 Å². The first kappa shape index (κ1) is 23.5. The zero-order valence-corrected chi connectivity index (χ0v) is 17.8. The Hall–Kier alpha value is -2.76. The lowest BCUT2D eigenvalue weighted by Gasteiger charge is -2.29. The molecule has 0 bridgehead atoms. The summed E-state index contributed by atoms with van der Waals surface area (Å²) in [5.74, 6) is -2.29. The van der Waals surface area contributed by atoms with Gasteiger partial charge >= 0.3 is 5.97 Å². The van der Waals surface area contributed by atoms with Crippen LogP contribution in [0.4, 0.5) is 5.69 Å². The molecule has 2 rings (SSSR count). The van der Waals surface area contributed by atoms with Crippen LogP contribution in [0.25, 0.3) is 5.69 Å². The normalized spacial score (nSPS) is 11.6. The van der Waals surface area contributed by atoms with Crippen LogP contribution in [0.2, 0.25) is 5.02 Å². The summed E-state index contributed by atoms with van der Waals surface area (Å²) in [6.07, 6.45) is 1.48. The first-order valence-corrected chi connectivity index (χ1v) is 9.57. The zero-order chi connectivity index (χ0) is 22.1. The zero-order valence-electron chi connectivity index (χ0n) is 16.2. The Bertz CT molecular complexity index is 880. The number of esters is 1. The van der Waals surface area contributed by atoms with E-state index in [0.717, 1.165) is 4.90 Å². The Morgan fingerprint density at radius 2 is 2.07 bits per heavy atom. The molecule has 1 unspecified atom stereocenters. The van der Waals surface area contributed by atoms with Crippen LogP contribution in [-0.2, 0) is 23.9 Å². The molecule has 1 heterocycles. The first-order chi connectivity index (χ1) is 14.4. The van der Waals surface area contributed by atoms with Gasteiger partial charge in [0.15, 0.2) is 0 Å². The Balaban J connectivity index is 2.25. The number of nitrogens with one attached hydrogen (secondary N) is 1. The highest BCUT2D eigenvalue weighted by Crippen LogP contribution is 2.24. The van der Waals surface area contributed by atoms with Gasteiger partial charge in [-0.1, -0.05) is 11.6 Å². The highest BCUT2D eigenvalue weighted by molar-refractivity contribution is 6.31. The second-order valence-electron chi connectivity index (χ2n) is 5.94. The molecule has 2 amide bonds. The van der Waals surface area contributed by atoms with Crippen LogP contribution in [0.15, 0.2) is 24.5 Å². The largest absolute Gasteiger partial charge is 0.467 e. The number of anilines is 1. The van der Waals surface area contributed by atoms with E-state index < -0.39 is 36.3 Å². The van der Waals surface area contributed by atoms with Gasteiger partial charge in [-0.25, -0.2) is 4.79 Å². The van der Waals surface area contributed by atoms with Gasteiger partial charge in [-0.05, 0) is 28.6 Å². The predicted molar refractivity (Wildman–Crippen MR) is 108 cm³/mol. The maximum absolute atomic E-state index is 12.7. The molecule has 0 aliphatic rings. The van der Waals surface area contributed by atoms with E-state index in [1.165, 1.54) is 31.3 Å². The molecule has 13 heteroatoms. The molecule has 0 aliphatic carbocycles. The minimum absolute atomic E-state index is 0.131. The molecule has 0 saturated heterocycles. The average Bonchev–Trinajstić information content (AvgIpc) is 3.26. The van der Waals surface area contributed by atoms with E-state index in [4.69, 9.17) is 32.7 Å². The Kier molecular flexibility index (Phi) is 8.96. The molecule has 1 atom stereocenters. The predicted octanol–water partition coefficient (Wildman–Crippen LogP) is 0.900. The number of benzene rings is 1. The highest BCUT2D eigenvalue weighted by atomic mass is 35.5. The molecular weight excluding hydrogens is 439 g/mol. The summed E-state index contributed by atoms with van der Waals surface area (Å²) in [5, 5.41) is 13.9. The molecule has 0 fully saturated rings. The van der Waals surface area contributed by atoms with Crippen molar-refractivity contribution in [2.24, 2.45) is 0 Å². The van der Waals surface area contributed by atoms with Crippen LogP contribution in [0.3, 0.4) is 0 Å². The standard InChI is InChI=1S/C17H20Cl2N6O5/c1-29-6-5-14(17(28)30-2)24(16(27)8-18)9-15(26)21-12-7-11(19)3-4-13(12)25-10-20-22-23-25/h3-4,7,10,14H,5-6,8-9H2,1-2H3,(H,21,26). The maximum Gasteiger partial charge on any atom is 0.328 e. The molecule has 1 aromatic carbocycles. The van der Waals surface area contributed by atoms with Crippen LogP contribution < -0.4 is 5.32 Å². The molecule has 162 valence electrons. The number of carbonyl (C=O) groups is 3. The van der Waals surface area contributed by atoms with E-state index in [2.05, 4.69) is 20.8 Å². The van der Waals surface area contributed by atoms with Crippen LogP contribution in [0.5, 0.6) is 0 Å². The molecule has 0 aliphatic heterocycles. The number of nitrogens with zero attached hydrogens (tertiary/aromatic N) is 5. The van der Waals surface area contributed by atoms with Crippen molar-refractivity contribution in [3.05, 3.63) is 29.5 Å². The SMILES string of the molecule is COCCC(C(=O)OC)N(CC(=O)Nc1cc(Cl)ccc1-n1cnnn1)C(=O)CCl. The number of rotatable bonds is 10. The van der Waals surface area contributed by atoms with E-state index in [9.17, 15) is 14.4 Å². The van der Waals surface area contributed by atoms with Crippen molar-refractivity contribution in [3.63, 3.8) is 0 Å². The smallest absolute Gasteiger partial charge is 0.328 e. The van der Waals surface area contributed by atoms with E-state index in [1.54, 1.807) is 12.1 Å². The lowest BCUT2D eigenvalue weighted by molar-refractivity contribution is -0.153. The third-order valence-corrected chi connectivity index (χ3v) is 4.49. The number of methoxy groups -OCH3 is 2. The van der Waals surface area contributed by atoms with Crippen molar-refractivity contribution in [3.8, 4) is 5.69 Å². The summed E-state index contributed by atoms with van der Waals surface area (Å²) in [6, 6.07) is 3.69. The van der Waals surface area contributed by atoms with Crippen molar-refractivity contribution in [1.82, 2.24) is 25.1 Å². The number of hydrogen-bond donors (Lipinski definition) is 1. The summed E-state index contributed by atoms with van der Waals surface area (Å²) in [6.45, 7) is -0.276. The lowest BCUT2D eigenvalue weighted by Crippen LogP contribution is -2.50. The summed E-state index contributed by atoms with van der Waals surface area (Å²) in [5.41, 5.74) is 0.765. The summed E-state index contributed by atoms with van der Waals surface area (Å²) < 4.78 is 11.1. The molecule has 2 aromatic rings. The highest BCUT2D eigenvalue weighted by Gasteiger charge is 2.31. The Morgan fingerprint density at radius 3 is 2.67 bits per heavy atom. The molecule has 0 saturated carbocycles. The fraction of sp³-hybridized carbons (Fsp3) is 0.412. The molecule has 11 nitrogen and oxygen atoms in total. The van der Waals surface area contributed by atoms with Crippen LogP contribution in [0.1, 0.15) is 6.42 Å². The van der Waals surface area contributed by atoms with Crippen molar-refractivity contribution < 1.29 is 23.9 Å². The first-order valence-electron chi connectivity index (χ1n) is 8.66. The van der Waals surface area contributed by atoms with Gasteiger partial charge in [0.2, 0.25) is 11.8 Å². The van der Waals surface area contributed by atoms with Gasteiger partial charge in [-0.15, -0.1) is 16.7 Å². The molecule has 0 radical (unpaired) electrons.